The van der Waals surface area contributed by atoms with Gasteiger partial charge in [0.15, 0.2) is 0 Å². The Morgan fingerprint density at radius 1 is 1.41 bits per heavy atom. The minimum atomic E-state index is 0.416. The summed E-state index contributed by atoms with van der Waals surface area (Å²) in [4.78, 5) is 0. The summed E-state index contributed by atoms with van der Waals surface area (Å²) in [6.07, 6.45) is 1.25. The topological polar surface area (TPSA) is 21.3 Å². The number of rotatable bonds is 2. The van der Waals surface area contributed by atoms with E-state index in [0.717, 1.165) is 23.3 Å². The summed E-state index contributed by atoms with van der Waals surface area (Å²) in [7, 11) is 1.75. The Balaban J connectivity index is 2.22. The highest BCUT2D eigenvalue weighted by molar-refractivity contribution is 7.99. The van der Waals surface area contributed by atoms with Crippen LogP contribution in [0.4, 0.5) is 0 Å². The first-order valence-electron chi connectivity index (χ1n) is 6.20. The minimum Gasteiger partial charge on any atom is -0.496 e. The van der Waals surface area contributed by atoms with Crippen molar-refractivity contribution >= 4 is 11.8 Å². The molecule has 3 heteroatoms. The first kappa shape index (κ1) is 12.8. The van der Waals surface area contributed by atoms with Gasteiger partial charge in [-0.1, -0.05) is 24.6 Å². The van der Waals surface area contributed by atoms with Crippen LogP contribution < -0.4 is 10.1 Å². The molecule has 0 radical (unpaired) electrons. The minimum absolute atomic E-state index is 0.416. The van der Waals surface area contributed by atoms with E-state index < -0.39 is 0 Å². The first-order chi connectivity index (χ1) is 8.20. The largest absolute Gasteiger partial charge is 0.496 e. The average Bonchev–Trinajstić information content (AvgIpc) is 2.54. The Morgan fingerprint density at radius 3 is 3.00 bits per heavy atom. The number of methoxy groups -OCH3 is 1. The van der Waals surface area contributed by atoms with Crippen LogP contribution >= 0.6 is 11.8 Å². The van der Waals surface area contributed by atoms with Gasteiger partial charge in [-0.25, -0.2) is 0 Å². The van der Waals surface area contributed by atoms with Crippen LogP contribution in [0.1, 0.15) is 30.5 Å². The van der Waals surface area contributed by atoms with Gasteiger partial charge in [-0.05, 0) is 26.0 Å². The Kier molecular flexibility index (Phi) is 4.35. The standard InChI is InChI=1S/C14H21NOS/c1-10-4-5-14(16-3)12(8-10)13-9-17-11(2)6-7-15-13/h4-5,8,11,13,15H,6-7,9H2,1-3H3. The van der Waals surface area contributed by atoms with E-state index in [9.17, 15) is 0 Å². The van der Waals surface area contributed by atoms with Crippen molar-refractivity contribution in [3.8, 4) is 5.75 Å². The highest BCUT2D eigenvalue weighted by Crippen LogP contribution is 2.31. The van der Waals surface area contributed by atoms with Crippen LogP contribution in [0.3, 0.4) is 0 Å². The van der Waals surface area contributed by atoms with E-state index in [1.54, 1.807) is 7.11 Å². The van der Waals surface area contributed by atoms with Crippen molar-refractivity contribution in [1.29, 1.82) is 0 Å². The Morgan fingerprint density at radius 2 is 2.24 bits per heavy atom. The molecule has 1 N–H and O–H groups in total. The van der Waals surface area contributed by atoms with Gasteiger partial charge in [0, 0.05) is 22.6 Å². The molecule has 1 fully saturated rings. The maximum atomic E-state index is 5.47. The molecule has 0 bridgehead atoms. The molecule has 0 aliphatic carbocycles. The molecule has 1 aromatic rings. The number of ether oxygens (including phenoxy) is 1. The number of aryl methyl sites for hydroxylation is 1. The molecule has 2 unspecified atom stereocenters. The van der Waals surface area contributed by atoms with E-state index in [0.29, 0.717) is 6.04 Å². The number of nitrogens with one attached hydrogen (secondary N) is 1. The zero-order valence-electron chi connectivity index (χ0n) is 10.8. The van der Waals surface area contributed by atoms with Crippen LogP contribution in [0.25, 0.3) is 0 Å². The zero-order chi connectivity index (χ0) is 12.3. The maximum Gasteiger partial charge on any atom is 0.123 e. The quantitative estimate of drug-likeness (QED) is 0.872. The third-order valence-electron chi connectivity index (χ3n) is 3.25. The lowest BCUT2D eigenvalue weighted by atomic mass is 10.0. The van der Waals surface area contributed by atoms with Crippen molar-refractivity contribution in [1.82, 2.24) is 5.32 Å². The fourth-order valence-electron chi connectivity index (χ4n) is 2.19. The molecule has 1 heterocycles. The average molecular weight is 251 g/mol. The molecule has 2 rings (SSSR count). The predicted octanol–water partition coefficient (Wildman–Crippen LogP) is 3.16. The van der Waals surface area contributed by atoms with Gasteiger partial charge in [-0.15, -0.1) is 0 Å². The summed E-state index contributed by atoms with van der Waals surface area (Å²) in [5.74, 6) is 2.13. The fourth-order valence-corrected chi connectivity index (χ4v) is 3.29. The number of hydrogen-bond acceptors (Lipinski definition) is 3. The number of benzene rings is 1. The van der Waals surface area contributed by atoms with Crippen molar-refractivity contribution in [2.75, 3.05) is 19.4 Å². The lowest BCUT2D eigenvalue weighted by Gasteiger charge is -2.19. The molecule has 0 spiro atoms. The van der Waals surface area contributed by atoms with E-state index in [1.165, 1.54) is 17.5 Å². The van der Waals surface area contributed by atoms with Crippen molar-refractivity contribution in [3.05, 3.63) is 29.3 Å². The van der Waals surface area contributed by atoms with Crippen LogP contribution in [-0.4, -0.2) is 24.7 Å². The van der Waals surface area contributed by atoms with Crippen LogP contribution in [0.5, 0.6) is 5.75 Å². The third-order valence-corrected chi connectivity index (χ3v) is 4.58. The predicted molar refractivity (Wildman–Crippen MR) is 75.0 cm³/mol. The second kappa shape index (κ2) is 5.78. The molecule has 1 aliphatic rings. The molecule has 1 aliphatic heterocycles. The molecule has 1 aromatic carbocycles. The summed E-state index contributed by atoms with van der Waals surface area (Å²) in [6.45, 7) is 5.54. The van der Waals surface area contributed by atoms with Crippen molar-refractivity contribution in [3.63, 3.8) is 0 Å². The smallest absolute Gasteiger partial charge is 0.123 e. The van der Waals surface area contributed by atoms with Gasteiger partial charge in [-0.2, -0.15) is 11.8 Å². The zero-order valence-corrected chi connectivity index (χ0v) is 11.6. The summed E-state index contributed by atoms with van der Waals surface area (Å²) in [5, 5.41) is 4.38. The SMILES string of the molecule is COc1ccc(C)cc1C1CSC(C)CCN1. The van der Waals surface area contributed by atoms with Crippen LogP contribution in [0.2, 0.25) is 0 Å². The van der Waals surface area contributed by atoms with E-state index in [2.05, 4.69) is 37.4 Å². The van der Waals surface area contributed by atoms with Gasteiger partial charge < -0.3 is 10.1 Å². The Bertz CT molecular complexity index is 380. The Hall–Kier alpha value is -0.670. The molecule has 2 nitrogen and oxygen atoms in total. The molecule has 1 saturated heterocycles. The molecule has 0 aromatic heterocycles. The van der Waals surface area contributed by atoms with Gasteiger partial charge in [-0.3, -0.25) is 0 Å². The van der Waals surface area contributed by atoms with Gasteiger partial charge >= 0.3 is 0 Å². The molecular weight excluding hydrogens is 230 g/mol. The summed E-state index contributed by atoms with van der Waals surface area (Å²) < 4.78 is 5.47. The molecule has 94 valence electrons. The summed E-state index contributed by atoms with van der Waals surface area (Å²) in [5.41, 5.74) is 2.60. The lowest BCUT2D eigenvalue weighted by molar-refractivity contribution is 0.402. The maximum absolute atomic E-state index is 5.47. The van der Waals surface area contributed by atoms with Crippen molar-refractivity contribution in [2.45, 2.75) is 31.6 Å². The highest BCUT2D eigenvalue weighted by atomic mass is 32.2. The third kappa shape index (κ3) is 3.17. The van der Waals surface area contributed by atoms with E-state index in [4.69, 9.17) is 4.74 Å². The summed E-state index contributed by atoms with van der Waals surface area (Å²) in [6, 6.07) is 6.84. The summed E-state index contributed by atoms with van der Waals surface area (Å²) >= 11 is 2.05. The van der Waals surface area contributed by atoms with Crippen molar-refractivity contribution in [2.24, 2.45) is 0 Å². The van der Waals surface area contributed by atoms with Gasteiger partial charge in [0.05, 0.1) is 7.11 Å². The fraction of sp³-hybridized carbons (Fsp3) is 0.571. The van der Waals surface area contributed by atoms with Gasteiger partial charge in [0.2, 0.25) is 0 Å². The van der Waals surface area contributed by atoms with E-state index in [-0.39, 0.29) is 0 Å². The van der Waals surface area contributed by atoms with E-state index in [1.807, 2.05) is 11.8 Å². The van der Waals surface area contributed by atoms with Gasteiger partial charge in [0.25, 0.3) is 0 Å². The second-order valence-electron chi connectivity index (χ2n) is 4.68. The molecule has 0 amide bonds. The van der Waals surface area contributed by atoms with Crippen molar-refractivity contribution < 1.29 is 4.74 Å². The second-order valence-corrected chi connectivity index (χ2v) is 6.16. The molecule has 17 heavy (non-hydrogen) atoms. The molecular formula is C14H21NOS. The van der Waals surface area contributed by atoms with Gasteiger partial charge in [0.1, 0.15) is 5.75 Å². The lowest BCUT2D eigenvalue weighted by Crippen LogP contribution is -2.23. The Labute approximate surface area is 108 Å². The van der Waals surface area contributed by atoms with Crippen LogP contribution in [0.15, 0.2) is 18.2 Å². The van der Waals surface area contributed by atoms with Crippen LogP contribution in [0, 0.1) is 6.92 Å². The molecule has 0 saturated carbocycles. The first-order valence-corrected chi connectivity index (χ1v) is 7.25. The molecule has 2 atom stereocenters. The monoisotopic (exact) mass is 251 g/mol. The normalized spacial score (nSPS) is 25.4. The van der Waals surface area contributed by atoms with Crippen LogP contribution in [-0.2, 0) is 0 Å². The van der Waals surface area contributed by atoms with E-state index >= 15 is 0 Å². The highest BCUT2D eigenvalue weighted by Gasteiger charge is 2.20. The number of thioether (sulfide) groups is 1. The number of hydrogen-bond donors (Lipinski definition) is 1.